The molecular weight excluding hydrogens is 176 g/mol. The zero-order valence-corrected chi connectivity index (χ0v) is 7.77. The zero-order chi connectivity index (χ0) is 9.64. The van der Waals surface area contributed by atoms with Crippen LogP contribution >= 0.6 is 0 Å². The second-order valence-corrected chi connectivity index (χ2v) is 2.99. The van der Waals surface area contributed by atoms with Crippen molar-refractivity contribution in [1.29, 1.82) is 0 Å². The predicted octanol–water partition coefficient (Wildman–Crippen LogP) is 1.09. The molecule has 0 atom stereocenters. The number of aromatic amines is 1. The third kappa shape index (κ3) is 2.40. The van der Waals surface area contributed by atoms with Crippen LogP contribution in [0.3, 0.4) is 0 Å². The fourth-order valence-electron chi connectivity index (χ4n) is 1.22. The Balaban J connectivity index is 1.79. The van der Waals surface area contributed by atoms with Crippen LogP contribution in [-0.2, 0) is 13.1 Å². The number of imidazole rings is 1. The molecule has 0 aromatic carbocycles. The molecule has 0 radical (unpaired) electrons. The SMILES string of the molecule is c1cc(CNCc2ncc[nH]2)ccn1. The molecular formula is C10H12N4. The topological polar surface area (TPSA) is 53.6 Å². The lowest BCUT2D eigenvalue weighted by molar-refractivity contribution is 0.668. The van der Waals surface area contributed by atoms with Crippen LogP contribution in [0.1, 0.15) is 11.4 Å². The normalized spacial score (nSPS) is 10.3. The highest BCUT2D eigenvalue weighted by atomic mass is 15.0. The number of hydrogen-bond acceptors (Lipinski definition) is 3. The molecule has 0 saturated heterocycles. The molecule has 0 bridgehead atoms. The molecule has 2 N–H and O–H groups in total. The van der Waals surface area contributed by atoms with E-state index < -0.39 is 0 Å². The molecule has 0 aliphatic heterocycles. The molecule has 2 heterocycles. The van der Waals surface area contributed by atoms with E-state index in [4.69, 9.17) is 0 Å². The second-order valence-electron chi connectivity index (χ2n) is 2.99. The standard InChI is InChI=1S/C10H12N4/c1-3-11-4-2-9(1)7-12-8-10-13-5-6-14-10/h1-6,12H,7-8H2,(H,13,14). The van der Waals surface area contributed by atoms with Gasteiger partial charge in [0.25, 0.3) is 0 Å². The summed E-state index contributed by atoms with van der Waals surface area (Å²) in [4.78, 5) is 11.1. The van der Waals surface area contributed by atoms with Crippen LogP contribution in [0.15, 0.2) is 36.9 Å². The fourth-order valence-corrected chi connectivity index (χ4v) is 1.22. The first kappa shape index (κ1) is 8.90. The van der Waals surface area contributed by atoms with Crippen LogP contribution in [0.25, 0.3) is 0 Å². The summed E-state index contributed by atoms with van der Waals surface area (Å²) < 4.78 is 0. The van der Waals surface area contributed by atoms with Crippen LogP contribution in [0, 0.1) is 0 Å². The van der Waals surface area contributed by atoms with Crippen molar-refractivity contribution in [2.24, 2.45) is 0 Å². The summed E-state index contributed by atoms with van der Waals surface area (Å²) in [6.45, 7) is 1.60. The van der Waals surface area contributed by atoms with Gasteiger partial charge in [0.1, 0.15) is 5.82 Å². The van der Waals surface area contributed by atoms with Crippen LogP contribution in [0.4, 0.5) is 0 Å². The first-order chi connectivity index (χ1) is 6.95. The maximum Gasteiger partial charge on any atom is 0.120 e. The average molecular weight is 188 g/mol. The maximum atomic E-state index is 4.12. The lowest BCUT2D eigenvalue weighted by Crippen LogP contribution is -2.13. The summed E-state index contributed by atoms with van der Waals surface area (Å²) in [5.41, 5.74) is 1.23. The molecule has 0 spiro atoms. The molecule has 0 aliphatic carbocycles. The van der Waals surface area contributed by atoms with E-state index in [1.54, 1.807) is 18.6 Å². The number of rotatable bonds is 4. The Kier molecular flexibility index (Phi) is 2.88. The third-order valence-corrected chi connectivity index (χ3v) is 1.93. The van der Waals surface area contributed by atoms with Crippen molar-refractivity contribution < 1.29 is 0 Å². The van der Waals surface area contributed by atoms with Gasteiger partial charge in [-0.1, -0.05) is 0 Å². The highest BCUT2D eigenvalue weighted by Crippen LogP contribution is 1.95. The summed E-state index contributed by atoms with van der Waals surface area (Å²) in [7, 11) is 0. The lowest BCUT2D eigenvalue weighted by atomic mass is 10.3. The van der Waals surface area contributed by atoms with Gasteiger partial charge in [0.05, 0.1) is 6.54 Å². The maximum absolute atomic E-state index is 4.12. The molecule has 2 aromatic rings. The van der Waals surface area contributed by atoms with Crippen LogP contribution in [0.5, 0.6) is 0 Å². The van der Waals surface area contributed by atoms with Crippen LogP contribution in [0.2, 0.25) is 0 Å². The summed E-state index contributed by atoms with van der Waals surface area (Å²) in [6, 6.07) is 3.99. The largest absolute Gasteiger partial charge is 0.348 e. The summed E-state index contributed by atoms with van der Waals surface area (Å²) in [5.74, 6) is 0.957. The van der Waals surface area contributed by atoms with Crippen molar-refractivity contribution >= 4 is 0 Å². The fraction of sp³-hybridized carbons (Fsp3) is 0.200. The van der Waals surface area contributed by atoms with Crippen LogP contribution in [-0.4, -0.2) is 15.0 Å². The average Bonchev–Trinajstić information content (AvgIpc) is 2.72. The predicted molar refractivity (Wildman–Crippen MR) is 53.4 cm³/mol. The van der Waals surface area contributed by atoms with E-state index in [0.29, 0.717) is 0 Å². The van der Waals surface area contributed by atoms with Gasteiger partial charge in [0.15, 0.2) is 0 Å². The van der Waals surface area contributed by atoms with Gasteiger partial charge in [-0.05, 0) is 17.7 Å². The van der Waals surface area contributed by atoms with Crippen molar-refractivity contribution in [2.45, 2.75) is 13.1 Å². The number of nitrogens with one attached hydrogen (secondary N) is 2. The molecule has 2 aromatic heterocycles. The van der Waals surface area contributed by atoms with E-state index in [-0.39, 0.29) is 0 Å². The van der Waals surface area contributed by atoms with Crippen molar-refractivity contribution in [1.82, 2.24) is 20.3 Å². The first-order valence-corrected chi connectivity index (χ1v) is 4.53. The third-order valence-electron chi connectivity index (χ3n) is 1.93. The highest BCUT2D eigenvalue weighted by Gasteiger charge is 1.94. The molecule has 72 valence electrons. The van der Waals surface area contributed by atoms with Gasteiger partial charge in [-0.25, -0.2) is 4.98 Å². The van der Waals surface area contributed by atoms with Crippen molar-refractivity contribution in [3.63, 3.8) is 0 Å². The number of hydrogen-bond donors (Lipinski definition) is 2. The monoisotopic (exact) mass is 188 g/mol. The van der Waals surface area contributed by atoms with Gasteiger partial charge in [-0.2, -0.15) is 0 Å². The Morgan fingerprint density at radius 1 is 1.14 bits per heavy atom. The lowest BCUT2D eigenvalue weighted by Gasteiger charge is -2.01. The minimum atomic E-state index is 0.759. The highest BCUT2D eigenvalue weighted by molar-refractivity contribution is 5.09. The van der Waals surface area contributed by atoms with Crippen molar-refractivity contribution in [3.8, 4) is 0 Å². The van der Waals surface area contributed by atoms with E-state index in [1.807, 2.05) is 18.3 Å². The molecule has 14 heavy (non-hydrogen) atoms. The van der Waals surface area contributed by atoms with E-state index >= 15 is 0 Å². The second kappa shape index (κ2) is 4.53. The summed E-state index contributed by atoms with van der Waals surface area (Å²) in [5, 5.41) is 3.28. The van der Waals surface area contributed by atoms with Crippen molar-refractivity contribution in [2.75, 3.05) is 0 Å². The Bertz CT molecular complexity index is 355. The molecule has 4 nitrogen and oxygen atoms in total. The molecule has 0 amide bonds. The molecule has 0 saturated carbocycles. The van der Waals surface area contributed by atoms with Gasteiger partial charge in [0.2, 0.25) is 0 Å². The smallest absolute Gasteiger partial charge is 0.120 e. The Morgan fingerprint density at radius 2 is 2.00 bits per heavy atom. The molecule has 0 aliphatic rings. The van der Waals surface area contributed by atoms with Gasteiger partial charge < -0.3 is 10.3 Å². The molecule has 0 fully saturated rings. The van der Waals surface area contributed by atoms with Gasteiger partial charge in [0, 0.05) is 31.3 Å². The minimum absolute atomic E-state index is 0.759. The summed E-state index contributed by atoms with van der Waals surface area (Å²) >= 11 is 0. The number of nitrogens with zero attached hydrogens (tertiary/aromatic N) is 2. The molecule has 4 heteroatoms. The van der Waals surface area contributed by atoms with E-state index in [0.717, 1.165) is 18.9 Å². The summed E-state index contributed by atoms with van der Waals surface area (Å²) in [6.07, 6.45) is 7.17. The van der Waals surface area contributed by atoms with Gasteiger partial charge in [-0.3, -0.25) is 4.98 Å². The Labute approximate surface area is 82.4 Å². The Hall–Kier alpha value is -1.68. The quantitative estimate of drug-likeness (QED) is 0.755. The number of pyridine rings is 1. The number of H-pyrrole nitrogens is 1. The van der Waals surface area contributed by atoms with Gasteiger partial charge in [-0.15, -0.1) is 0 Å². The molecule has 2 rings (SSSR count). The van der Waals surface area contributed by atoms with E-state index in [2.05, 4.69) is 20.3 Å². The van der Waals surface area contributed by atoms with E-state index in [9.17, 15) is 0 Å². The van der Waals surface area contributed by atoms with Crippen molar-refractivity contribution in [3.05, 3.63) is 48.3 Å². The minimum Gasteiger partial charge on any atom is -0.348 e. The van der Waals surface area contributed by atoms with Gasteiger partial charge >= 0.3 is 0 Å². The first-order valence-electron chi connectivity index (χ1n) is 4.53. The van der Waals surface area contributed by atoms with E-state index in [1.165, 1.54) is 5.56 Å². The molecule has 0 unspecified atom stereocenters. The number of aromatic nitrogens is 3. The van der Waals surface area contributed by atoms with Crippen LogP contribution < -0.4 is 5.32 Å². The Morgan fingerprint density at radius 3 is 2.71 bits per heavy atom. The zero-order valence-electron chi connectivity index (χ0n) is 7.77.